The second-order valence-electron chi connectivity index (χ2n) is 5.99. The van der Waals surface area contributed by atoms with E-state index in [1.54, 1.807) is 0 Å². The monoisotopic (exact) mass is 475 g/mol. The number of hydrogen-bond acceptors (Lipinski definition) is 2. The first-order chi connectivity index (χ1) is 10.0. The molecule has 2 amide bonds. The molecule has 6 heteroatoms. The molecule has 2 bridgehead atoms. The Labute approximate surface area is 147 Å². The Balaban J connectivity index is 1.73. The second-order valence-corrected chi connectivity index (χ2v) is 9.02. The van der Waals surface area contributed by atoms with Gasteiger partial charge in [-0.05, 0) is 42.5 Å². The maximum Gasteiger partial charge on any atom is 0.238 e. The number of hydrogen-bond donors (Lipinski definition) is 0. The van der Waals surface area contributed by atoms with Gasteiger partial charge < -0.3 is 0 Å². The van der Waals surface area contributed by atoms with Crippen LogP contribution in [0.5, 0.6) is 0 Å². The van der Waals surface area contributed by atoms with Crippen LogP contribution in [0.4, 0.5) is 5.69 Å². The quantitative estimate of drug-likeness (QED) is 0.456. The summed E-state index contributed by atoms with van der Waals surface area (Å²) in [6.45, 7) is 0. The lowest BCUT2D eigenvalue weighted by molar-refractivity contribution is -0.123. The van der Waals surface area contributed by atoms with Crippen LogP contribution in [-0.2, 0) is 9.59 Å². The predicted octanol–water partition coefficient (Wildman–Crippen LogP) is 3.73. The van der Waals surface area contributed by atoms with Crippen molar-refractivity contribution in [3.05, 3.63) is 28.7 Å². The molecule has 4 rings (SSSR count). The molecule has 0 radical (unpaired) electrons. The lowest BCUT2D eigenvalue weighted by atomic mass is 9.81. The summed E-state index contributed by atoms with van der Waals surface area (Å²) in [5.74, 6) is 0.184. The number of imide groups is 1. The molecule has 2 saturated carbocycles. The van der Waals surface area contributed by atoms with Gasteiger partial charge in [-0.1, -0.05) is 47.8 Å². The Hall–Kier alpha value is -0.200. The average molecular weight is 478 g/mol. The highest BCUT2D eigenvalue weighted by atomic mass is 79.9. The van der Waals surface area contributed by atoms with Crippen LogP contribution in [0, 0.1) is 23.7 Å². The molecule has 0 aromatic heterocycles. The summed E-state index contributed by atoms with van der Waals surface area (Å²) in [5.41, 5.74) is 0.680. The van der Waals surface area contributed by atoms with E-state index in [2.05, 4.69) is 47.8 Å². The van der Waals surface area contributed by atoms with E-state index in [0.29, 0.717) is 5.69 Å². The molecule has 3 nitrogen and oxygen atoms in total. The average Bonchev–Trinajstić information content (AvgIpc) is 3.06. The standard InChI is InChI=1S/C15H12Br3NO2/c16-6-1-3-7(4-2-6)19-14(20)10-8-5-9(11(10)15(19)21)13(18)12(8)17/h1-4,8-13H,5H2/t8-,9-,10-,11+,12+,13+/m1/s1. The minimum absolute atomic E-state index is 0.0244. The van der Waals surface area contributed by atoms with Crippen LogP contribution >= 0.6 is 47.8 Å². The van der Waals surface area contributed by atoms with Crippen molar-refractivity contribution in [3.8, 4) is 0 Å². The molecule has 110 valence electrons. The highest BCUT2D eigenvalue weighted by Crippen LogP contribution is 2.60. The van der Waals surface area contributed by atoms with E-state index in [0.717, 1.165) is 10.9 Å². The van der Waals surface area contributed by atoms with Crippen molar-refractivity contribution in [1.82, 2.24) is 0 Å². The molecule has 1 aliphatic heterocycles. The molecular weight excluding hydrogens is 466 g/mol. The van der Waals surface area contributed by atoms with Crippen LogP contribution < -0.4 is 4.90 Å². The summed E-state index contributed by atoms with van der Waals surface area (Å²) < 4.78 is 0.937. The summed E-state index contributed by atoms with van der Waals surface area (Å²) in [6, 6.07) is 7.36. The number of rotatable bonds is 1. The Bertz CT molecular complexity index is 600. The van der Waals surface area contributed by atoms with Crippen molar-refractivity contribution in [2.45, 2.75) is 16.1 Å². The van der Waals surface area contributed by atoms with Crippen LogP contribution in [0.15, 0.2) is 28.7 Å². The molecule has 0 unspecified atom stereocenters. The SMILES string of the molecule is O=C1[C@@H]2[C@H]3C[C@@H]([C@H](Br)[C@H]3Br)[C@@H]2C(=O)N1c1ccc(Br)cc1. The van der Waals surface area contributed by atoms with E-state index in [-0.39, 0.29) is 45.1 Å². The third kappa shape index (κ3) is 1.88. The number of carbonyl (C=O) groups excluding carboxylic acids is 2. The molecule has 6 atom stereocenters. The second kappa shape index (κ2) is 4.90. The Morgan fingerprint density at radius 1 is 0.905 bits per heavy atom. The summed E-state index contributed by atoms with van der Waals surface area (Å²) in [6.07, 6.45) is 0.965. The minimum atomic E-state index is -0.149. The molecule has 1 heterocycles. The van der Waals surface area contributed by atoms with Crippen LogP contribution in [0.2, 0.25) is 0 Å². The van der Waals surface area contributed by atoms with Gasteiger partial charge in [0.1, 0.15) is 0 Å². The number of carbonyl (C=O) groups is 2. The molecular formula is C15H12Br3NO2. The minimum Gasteiger partial charge on any atom is -0.274 e. The molecule has 3 fully saturated rings. The van der Waals surface area contributed by atoms with Gasteiger partial charge in [0.25, 0.3) is 0 Å². The maximum atomic E-state index is 12.8. The largest absolute Gasteiger partial charge is 0.274 e. The molecule has 0 N–H and O–H groups in total. The highest BCUT2D eigenvalue weighted by Gasteiger charge is 2.66. The number of nitrogens with zero attached hydrogens (tertiary/aromatic N) is 1. The van der Waals surface area contributed by atoms with Gasteiger partial charge in [0, 0.05) is 14.1 Å². The van der Waals surface area contributed by atoms with E-state index in [9.17, 15) is 9.59 Å². The normalized spacial score (nSPS) is 41.0. The number of alkyl halides is 2. The molecule has 1 saturated heterocycles. The van der Waals surface area contributed by atoms with Crippen LogP contribution in [0.1, 0.15) is 6.42 Å². The summed E-state index contributed by atoms with van der Waals surface area (Å²) in [7, 11) is 0. The zero-order valence-electron chi connectivity index (χ0n) is 10.9. The first-order valence-corrected chi connectivity index (χ1v) is 9.54. The number of anilines is 1. The third-order valence-electron chi connectivity index (χ3n) is 5.07. The van der Waals surface area contributed by atoms with Gasteiger partial charge in [-0.25, -0.2) is 0 Å². The van der Waals surface area contributed by atoms with Crippen molar-refractivity contribution in [1.29, 1.82) is 0 Å². The van der Waals surface area contributed by atoms with E-state index in [1.807, 2.05) is 24.3 Å². The summed E-state index contributed by atoms with van der Waals surface area (Å²) in [4.78, 5) is 27.5. The van der Waals surface area contributed by atoms with Crippen LogP contribution in [-0.4, -0.2) is 21.5 Å². The maximum absolute atomic E-state index is 12.8. The van der Waals surface area contributed by atoms with E-state index in [4.69, 9.17) is 0 Å². The fourth-order valence-corrected chi connectivity index (χ4v) is 6.33. The molecule has 1 aromatic rings. The van der Waals surface area contributed by atoms with Gasteiger partial charge in [-0.3, -0.25) is 14.5 Å². The fourth-order valence-electron chi connectivity index (χ4n) is 4.19. The van der Waals surface area contributed by atoms with Crippen LogP contribution in [0.25, 0.3) is 0 Å². The number of halogens is 3. The number of amides is 2. The summed E-state index contributed by atoms with van der Waals surface area (Å²) in [5, 5.41) is 0. The molecule has 21 heavy (non-hydrogen) atoms. The molecule has 2 aliphatic carbocycles. The van der Waals surface area contributed by atoms with E-state index in [1.165, 1.54) is 4.90 Å². The number of benzene rings is 1. The van der Waals surface area contributed by atoms with Crippen LogP contribution in [0.3, 0.4) is 0 Å². The first kappa shape index (κ1) is 14.4. The van der Waals surface area contributed by atoms with Crippen molar-refractivity contribution < 1.29 is 9.59 Å². The molecule has 3 aliphatic rings. The molecule has 0 spiro atoms. The van der Waals surface area contributed by atoms with E-state index >= 15 is 0 Å². The summed E-state index contributed by atoms with van der Waals surface area (Å²) >= 11 is 10.8. The first-order valence-electron chi connectivity index (χ1n) is 6.92. The highest BCUT2D eigenvalue weighted by molar-refractivity contribution is 9.12. The van der Waals surface area contributed by atoms with Crippen molar-refractivity contribution >= 4 is 65.3 Å². The predicted molar refractivity (Wildman–Crippen MR) is 90.6 cm³/mol. The Kier molecular flexibility index (Phi) is 3.36. The Morgan fingerprint density at radius 2 is 1.38 bits per heavy atom. The number of fused-ring (bicyclic) bond motifs is 5. The lowest BCUT2D eigenvalue weighted by Gasteiger charge is -2.28. The van der Waals surface area contributed by atoms with Gasteiger partial charge in [0.15, 0.2) is 0 Å². The van der Waals surface area contributed by atoms with Gasteiger partial charge >= 0.3 is 0 Å². The van der Waals surface area contributed by atoms with Gasteiger partial charge in [0.05, 0.1) is 17.5 Å². The van der Waals surface area contributed by atoms with Gasteiger partial charge in [-0.2, -0.15) is 0 Å². The zero-order chi connectivity index (χ0) is 14.9. The smallest absolute Gasteiger partial charge is 0.238 e. The molecule has 1 aromatic carbocycles. The third-order valence-corrected chi connectivity index (χ3v) is 8.81. The van der Waals surface area contributed by atoms with Crippen molar-refractivity contribution in [3.63, 3.8) is 0 Å². The topological polar surface area (TPSA) is 37.4 Å². The fraction of sp³-hybridized carbons (Fsp3) is 0.467. The van der Waals surface area contributed by atoms with Crippen molar-refractivity contribution in [2.75, 3.05) is 4.90 Å². The zero-order valence-corrected chi connectivity index (χ0v) is 15.6. The Morgan fingerprint density at radius 3 is 1.86 bits per heavy atom. The van der Waals surface area contributed by atoms with Crippen molar-refractivity contribution in [2.24, 2.45) is 23.7 Å². The lowest BCUT2D eigenvalue weighted by Crippen LogP contribution is -2.37. The van der Waals surface area contributed by atoms with E-state index < -0.39 is 0 Å². The van der Waals surface area contributed by atoms with Gasteiger partial charge in [-0.15, -0.1) is 0 Å². The van der Waals surface area contributed by atoms with Gasteiger partial charge in [0.2, 0.25) is 11.8 Å².